The molecule has 0 aliphatic carbocycles. The summed E-state index contributed by atoms with van der Waals surface area (Å²) < 4.78 is 5.06. The van der Waals surface area contributed by atoms with Gasteiger partial charge in [-0.2, -0.15) is 0 Å². The smallest absolute Gasteiger partial charge is 0.220 e. The van der Waals surface area contributed by atoms with Gasteiger partial charge in [-0.15, -0.1) is 0 Å². The van der Waals surface area contributed by atoms with E-state index in [1.807, 2.05) is 13.8 Å². The topological polar surface area (TPSA) is 55.1 Å². The van der Waals surface area contributed by atoms with E-state index in [9.17, 15) is 4.79 Å². The zero-order chi connectivity index (χ0) is 9.84. The highest BCUT2D eigenvalue weighted by Gasteiger charge is 2.09. The Morgan fingerprint density at radius 3 is 2.69 bits per heavy atom. The second-order valence-electron chi connectivity index (χ2n) is 2.99. The van der Waals surface area contributed by atoms with Crippen LogP contribution in [0.4, 0.5) is 0 Å². The lowest BCUT2D eigenvalue weighted by Gasteiger charge is -1.97. The number of carbonyl (C=O) groups is 1. The fourth-order valence-corrected chi connectivity index (χ4v) is 1.05. The minimum atomic E-state index is 0.0217. The van der Waals surface area contributed by atoms with Gasteiger partial charge in [0.1, 0.15) is 5.76 Å². The fraction of sp³-hybridized carbons (Fsp3) is 0.556. The van der Waals surface area contributed by atoms with Crippen molar-refractivity contribution in [3.8, 4) is 0 Å². The lowest BCUT2D eigenvalue weighted by molar-refractivity contribution is -0.120. The van der Waals surface area contributed by atoms with Crippen molar-refractivity contribution in [1.82, 2.24) is 10.5 Å². The Hall–Kier alpha value is -1.32. The van der Waals surface area contributed by atoms with E-state index < -0.39 is 0 Å². The van der Waals surface area contributed by atoms with Gasteiger partial charge in [-0.3, -0.25) is 4.79 Å². The number of nitrogens with one attached hydrogen (secondary N) is 1. The summed E-state index contributed by atoms with van der Waals surface area (Å²) in [6.07, 6.45) is 1.07. The molecule has 0 fully saturated rings. The third-order valence-electron chi connectivity index (χ3n) is 2.11. The summed E-state index contributed by atoms with van der Waals surface area (Å²) in [4.78, 5) is 10.9. The molecule has 1 aromatic heterocycles. The maximum Gasteiger partial charge on any atom is 0.220 e. The highest BCUT2D eigenvalue weighted by molar-refractivity contribution is 5.75. The van der Waals surface area contributed by atoms with E-state index in [1.54, 1.807) is 7.05 Å². The van der Waals surface area contributed by atoms with Crippen LogP contribution in [0.5, 0.6) is 0 Å². The van der Waals surface area contributed by atoms with Crippen LogP contribution in [0.3, 0.4) is 0 Å². The molecule has 0 atom stereocenters. The molecule has 0 bridgehead atoms. The number of rotatable bonds is 3. The van der Waals surface area contributed by atoms with Crippen molar-refractivity contribution >= 4 is 5.91 Å². The van der Waals surface area contributed by atoms with Crippen LogP contribution < -0.4 is 5.32 Å². The lowest BCUT2D eigenvalue weighted by Crippen LogP contribution is -2.17. The molecule has 0 saturated heterocycles. The van der Waals surface area contributed by atoms with Crippen LogP contribution in [0.25, 0.3) is 0 Å². The second-order valence-corrected chi connectivity index (χ2v) is 2.99. The van der Waals surface area contributed by atoms with Crippen LogP contribution >= 0.6 is 0 Å². The zero-order valence-electron chi connectivity index (χ0n) is 8.18. The number of nitrogens with zero attached hydrogens (tertiary/aromatic N) is 1. The van der Waals surface area contributed by atoms with Crippen LogP contribution in [0.15, 0.2) is 4.52 Å². The average molecular weight is 182 g/mol. The minimum absolute atomic E-state index is 0.0217. The number of hydrogen-bond acceptors (Lipinski definition) is 3. The second kappa shape index (κ2) is 4.07. The van der Waals surface area contributed by atoms with E-state index in [0.29, 0.717) is 12.8 Å². The van der Waals surface area contributed by atoms with Crippen molar-refractivity contribution in [1.29, 1.82) is 0 Å². The standard InChI is InChI=1S/C9H14N2O2/c1-6-7(2)11-13-8(6)4-5-9(12)10-3/h4-5H2,1-3H3,(H,10,12). The Labute approximate surface area is 77.3 Å². The molecule has 0 aliphatic rings. The van der Waals surface area contributed by atoms with Crippen LogP contribution in [0.1, 0.15) is 23.4 Å². The Morgan fingerprint density at radius 2 is 2.23 bits per heavy atom. The molecule has 4 nitrogen and oxygen atoms in total. The van der Waals surface area contributed by atoms with Gasteiger partial charge in [0, 0.05) is 25.5 Å². The predicted molar refractivity (Wildman–Crippen MR) is 48.4 cm³/mol. The van der Waals surface area contributed by atoms with Gasteiger partial charge in [-0.1, -0.05) is 5.16 Å². The normalized spacial score (nSPS) is 10.1. The van der Waals surface area contributed by atoms with E-state index >= 15 is 0 Å². The number of aromatic nitrogens is 1. The highest BCUT2D eigenvalue weighted by Crippen LogP contribution is 2.13. The molecule has 0 radical (unpaired) electrons. The Morgan fingerprint density at radius 1 is 1.54 bits per heavy atom. The summed E-state index contributed by atoms with van der Waals surface area (Å²) in [6.45, 7) is 3.84. The van der Waals surface area contributed by atoms with Gasteiger partial charge in [-0.25, -0.2) is 0 Å². The molecule has 13 heavy (non-hydrogen) atoms. The van der Waals surface area contributed by atoms with Gasteiger partial charge in [0.15, 0.2) is 0 Å². The maximum atomic E-state index is 10.9. The van der Waals surface area contributed by atoms with Gasteiger partial charge >= 0.3 is 0 Å². The highest BCUT2D eigenvalue weighted by atomic mass is 16.5. The predicted octanol–water partition coefficient (Wildman–Crippen LogP) is 0.970. The van der Waals surface area contributed by atoms with Crippen molar-refractivity contribution in [3.63, 3.8) is 0 Å². The quantitative estimate of drug-likeness (QED) is 0.757. The fourth-order valence-electron chi connectivity index (χ4n) is 1.05. The van der Waals surface area contributed by atoms with Crippen LogP contribution in [0, 0.1) is 13.8 Å². The molecule has 0 saturated carbocycles. The zero-order valence-corrected chi connectivity index (χ0v) is 8.18. The molecule has 1 rings (SSSR count). The summed E-state index contributed by atoms with van der Waals surface area (Å²) in [6, 6.07) is 0. The molecule has 72 valence electrons. The van der Waals surface area contributed by atoms with Gasteiger partial charge in [0.25, 0.3) is 0 Å². The molecule has 4 heteroatoms. The molecule has 1 N–H and O–H groups in total. The molecule has 1 aromatic rings. The Balaban J connectivity index is 2.55. The molecule has 0 unspecified atom stereocenters. The van der Waals surface area contributed by atoms with Crippen LogP contribution in [-0.4, -0.2) is 18.1 Å². The molecular formula is C9H14N2O2. The van der Waals surface area contributed by atoms with Crippen molar-refractivity contribution < 1.29 is 9.32 Å². The Kier molecular flexibility index (Phi) is 3.06. The number of aryl methyl sites for hydroxylation is 2. The lowest BCUT2D eigenvalue weighted by atomic mass is 10.1. The van der Waals surface area contributed by atoms with Gasteiger partial charge < -0.3 is 9.84 Å². The summed E-state index contributed by atoms with van der Waals surface area (Å²) in [5.41, 5.74) is 1.94. The summed E-state index contributed by atoms with van der Waals surface area (Å²) in [5.74, 6) is 0.828. The first kappa shape index (κ1) is 9.77. The molecular weight excluding hydrogens is 168 g/mol. The van der Waals surface area contributed by atoms with Gasteiger partial charge in [0.2, 0.25) is 5.91 Å². The number of carbonyl (C=O) groups excluding carboxylic acids is 1. The third kappa shape index (κ3) is 2.31. The molecule has 0 aromatic carbocycles. The van der Waals surface area contributed by atoms with Crippen molar-refractivity contribution in [3.05, 3.63) is 17.0 Å². The van der Waals surface area contributed by atoms with Crippen molar-refractivity contribution in [2.45, 2.75) is 26.7 Å². The van der Waals surface area contributed by atoms with E-state index in [2.05, 4.69) is 10.5 Å². The van der Waals surface area contributed by atoms with E-state index in [-0.39, 0.29) is 5.91 Å². The first-order valence-corrected chi connectivity index (χ1v) is 4.27. The third-order valence-corrected chi connectivity index (χ3v) is 2.11. The first-order valence-electron chi connectivity index (χ1n) is 4.27. The van der Waals surface area contributed by atoms with Gasteiger partial charge in [-0.05, 0) is 13.8 Å². The maximum absolute atomic E-state index is 10.9. The molecule has 1 amide bonds. The average Bonchev–Trinajstić information content (AvgIpc) is 2.44. The van der Waals surface area contributed by atoms with Crippen molar-refractivity contribution in [2.24, 2.45) is 0 Å². The van der Waals surface area contributed by atoms with Crippen LogP contribution in [0.2, 0.25) is 0 Å². The SMILES string of the molecule is CNC(=O)CCc1onc(C)c1C. The van der Waals surface area contributed by atoms with Crippen LogP contribution in [-0.2, 0) is 11.2 Å². The van der Waals surface area contributed by atoms with E-state index in [0.717, 1.165) is 17.0 Å². The number of amides is 1. The minimum Gasteiger partial charge on any atom is -0.361 e. The molecule has 0 spiro atoms. The van der Waals surface area contributed by atoms with Crippen molar-refractivity contribution in [2.75, 3.05) is 7.05 Å². The van der Waals surface area contributed by atoms with Gasteiger partial charge in [0.05, 0.1) is 5.69 Å². The molecule has 0 aliphatic heterocycles. The summed E-state index contributed by atoms with van der Waals surface area (Å²) in [5, 5.41) is 6.37. The first-order chi connectivity index (χ1) is 6.15. The summed E-state index contributed by atoms with van der Waals surface area (Å²) >= 11 is 0. The Bertz CT molecular complexity index is 305. The summed E-state index contributed by atoms with van der Waals surface area (Å²) in [7, 11) is 1.63. The monoisotopic (exact) mass is 182 g/mol. The number of hydrogen-bond donors (Lipinski definition) is 1. The van der Waals surface area contributed by atoms with E-state index in [1.165, 1.54) is 0 Å². The van der Waals surface area contributed by atoms with E-state index in [4.69, 9.17) is 4.52 Å². The largest absolute Gasteiger partial charge is 0.361 e. The molecule has 1 heterocycles.